The molecule has 6 heteroatoms. The van der Waals surface area contributed by atoms with Gasteiger partial charge in [-0.15, -0.1) is 10.2 Å². The molecule has 2 saturated heterocycles. The van der Waals surface area contributed by atoms with Crippen LogP contribution in [0.3, 0.4) is 0 Å². The average molecular weight is 364 g/mol. The van der Waals surface area contributed by atoms with E-state index in [2.05, 4.69) is 52.4 Å². The van der Waals surface area contributed by atoms with E-state index in [0.717, 1.165) is 50.7 Å². The number of rotatable bonds is 5. The Morgan fingerprint density at radius 3 is 2.46 bits per heavy atom. The van der Waals surface area contributed by atoms with Crippen molar-refractivity contribution < 1.29 is 5.11 Å². The Morgan fingerprint density at radius 2 is 1.77 bits per heavy atom. The van der Waals surface area contributed by atoms with Crippen molar-refractivity contribution in [2.24, 2.45) is 12.5 Å². The SMILES string of the molecule is Cn1c(CN2CCC(O)CC2)nnc1[C@@H]1CCCN(CCC(C)(C)C)C1. The highest BCUT2D eigenvalue weighted by molar-refractivity contribution is 5.04. The molecule has 2 fully saturated rings. The maximum Gasteiger partial charge on any atom is 0.146 e. The molecule has 2 aliphatic heterocycles. The number of piperidine rings is 2. The van der Waals surface area contributed by atoms with Crippen molar-refractivity contribution >= 4 is 0 Å². The number of nitrogens with zero attached hydrogens (tertiary/aromatic N) is 5. The fraction of sp³-hybridized carbons (Fsp3) is 0.900. The summed E-state index contributed by atoms with van der Waals surface area (Å²) in [5.41, 5.74) is 0.396. The van der Waals surface area contributed by atoms with E-state index < -0.39 is 0 Å². The summed E-state index contributed by atoms with van der Waals surface area (Å²) in [6, 6.07) is 0. The van der Waals surface area contributed by atoms with Crippen LogP contribution in [0.4, 0.5) is 0 Å². The Hall–Kier alpha value is -0.980. The Labute approximate surface area is 158 Å². The number of hydrogen-bond acceptors (Lipinski definition) is 5. The van der Waals surface area contributed by atoms with Crippen molar-refractivity contribution in [1.82, 2.24) is 24.6 Å². The van der Waals surface area contributed by atoms with Crippen LogP contribution in [-0.4, -0.2) is 68.5 Å². The minimum absolute atomic E-state index is 0.123. The number of hydrogen-bond donors (Lipinski definition) is 1. The number of aromatic nitrogens is 3. The van der Waals surface area contributed by atoms with E-state index in [4.69, 9.17) is 0 Å². The second-order valence-electron chi connectivity index (χ2n) is 9.49. The average Bonchev–Trinajstić information content (AvgIpc) is 2.95. The molecular weight excluding hydrogens is 326 g/mol. The third-order valence-electron chi connectivity index (χ3n) is 5.97. The maximum atomic E-state index is 9.68. The molecule has 1 N–H and O–H groups in total. The van der Waals surface area contributed by atoms with Gasteiger partial charge in [-0.05, 0) is 50.6 Å². The van der Waals surface area contributed by atoms with Gasteiger partial charge in [0.05, 0.1) is 12.6 Å². The van der Waals surface area contributed by atoms with Crippen molar-refractivity contribution in [3.63, 3.8) is 0 Å². The molecule has 0 bridgehead atoms. The van der Waals surface area contributed by atoms with E-state index >= 15 is 0 Å². The molecule has 1 atom stereocenters. The van der Waals surface area contributed by atoms with Crippen LogP contribution in [0.15, 0.2) is 0 Å². The standard InChI is InChI=1S/C20H37N5O/c1-20(2,3)9-13-24-10-5-6-16(14-24)19-22-21-18(23(19)4)15-25-11-7-17(26)8-12-25/h16-17,26H,5-15H2,1-4H3/t16-/m1/s1. The molecule has 0 radical (unpaired) electrons. The van der Waals surface area contributed by atoms with Crippen LogP contribution < -0.4 is 0 Å². The van der Waals surface area contributed by atoms with Crippen LogP contribution in [0, 0.1) is 5.41 Å². The first-order valence-electron chi connectivity index (χ1n) is 10.3. The monoisotopic (exact) mass is 363 g/mol. The Kier molecular flexibility index (Phi) is 6.36. The molecule has 1 aromatic rings. The molecule has 0 saturated carbocycles. The van der Waals surface area contributed by atoms with E-state index in [9.17, 15) is 5.11 Å². The van der Waals surface area contributed by atoms with Gasteiger partial charge in [-0.2, -0.15) is 0 Å². The van der Waals surface area contributed by atoms with Crippen LogP contribution in [0.5, 0.6) is 0 Å². The second-order valence-corrected chi connectivity index (χ2v) is 9.49. The Balaban J connectivity index is 1.58. The molecule has 26 heavy (non-hydrogen) atoms. The normalized spacial score (nSPS) is 24.3. The van der Waals surface area contributed by atoms with Crippen LogP contribution in [0.25, 0.3) is 0 Å². The van der Waals surface area contributed by atoms with Gasteiger partial charge in [0.25, 0.3) is 0 Å². The lowest BCUT2D eigenvalue weighted by Crippen LogP contribution is -2.37. The zero-order valence-corrected chi connectivity index (χ0v) is 17.1. The highest BCUT2D eigenvalue weighted by Crippen LogP contribution is 2.28. The lowest BCUT2D eigenvalue weighted by molar-refractivity contribution is 0.0775. The van der Waals surface area contributed by atoms with Gasteiger partial charge in [-0.25, -0.2) is 0 Å². The van der Waals surface area contributed by atoms with Crippen LogP contribution in [-0.2, 0) is 13.6 Å². The predicted molar refractivity (Wildman–Crippen MR) is 104 cm³/mol. The molecule has 1 aromatic heterocycles. The molecule has 3 rings (SSSR count). The van der Waals surface area contributed by atoms with E-state index in [1.807, 2.05) is 0 Å². The molecule has 0 spiro atoms. The van der Waals surface area contributed by atoms with Gasteiger partial charge < -0.3 is 14.6 Å². The van der Waals surface area contributed by atoms with Crippen LogP contribution >= 0.6 is 0 Å². The lowest BCUT2D eigenvalue weighted by Gasteiger charge is -2.34. The van der Waals surface area contributed by atoms with Gasteiger partial charge in [0.1, 0.15) is 11.6 Å². The molecule has 0 unspecified atom stereocenters. The minimum atomic E-state index is -0.123. The summed E-state index contributed by atoms with van der Waals surface area (Å²) in [5.74, 6) is 2.71. The van der Waals surface area contributed by atoms with Gasteiger partial charge in [0, 0.05) is 32.6 Å². The Morgan fingerprint density at radius 1 is 1.04 bits per heavy atom. The molecule has 6 nitrogen and oxygen atoms in total. The van der Waals surface area contributed by atoms with Crippen molar-refractivity contribution in [2.75, 3.05) is 32.7 Å². The molecular formula is C20H37N5O. The van der Waals surface area contributed by atoms with Crippen molar-refractivity contribution in [2.45, 2.75) is 71.4 Å². The van der Waals surface area contributed by atoms with Gasteiger partial charge in [-0.3, -0.25) is 4.90 Å². The smallest absolute Gasteiger partial charge is 0.146 e. The number of aliphatic hydroxyl groups is 1. The van der Waals surface area contributed by atoms with E-state index in [1.165, 1.54) is 32.4 Å². The largest absolute Gasteiger partial charge is 0.393 e. The zero-order chi connectivity index (χ0) is 18.7. The predicted octanol–water partition coefficient (Wildman–Crippen LogP) is 2.39. The van der Waals surface area contributed by atoms with Gasteiger partial charge >= 0.3 is 0 Å². The summed E-state index contributed by atoms with van der Waals surface area (Å²) in [7, 11) is 2.12. The highest BCUT2D eigenvalue weighted by Gasteiger charge is 2.27. The van der Waals surface area contributed by atoms with Crippen LogP contribution in [0.1, 0.15) is 70.4 Å². The minimum Gasteiger partial charge on any atom is -0.393 e. The Bertz CT molecular complexity index is 571. The topological polar surface area (TPSA) is 57.4 Å². The highest BCUT2D eigenvalue weighted by atomic mass is 16.3. The zero-order valence-electron chi connectivity index (χ0n) is 17.1. The quantitative estimate of drug-likeness (QED) is 0.870. The van der Waals surface area contributed by atoms with Crippen LogP contribution in [0.2, 0.25) is 0 Å². The third-order valence-corrected chi connectivity index (χ3v) is 5.97. The lowest BCUT2D eigenvalue weighted by atomic mass is 9.91. The van der Waals surface area contributed by atoms with Gasteiger partial charge in [-0.1, -0.05) is 20.8 Å². The molecule has 2 aliphatic rings. The first kappa shape index (κ1) is 19.8. The first-order chi connectivity index (χ1) is 12.3. The van der Waals surface area contributed by atoms with E-state index in [-0.39, 0.29) is 6.10 Å². The molecule has 148 valence electrons. The van der Waals surface area contributed by atoms with Crippen molar-refractivity contribution in [1.29, 1.82) is 0 Å². The third kappa shape index (κ3) is 5.27. The van der Waals surface area contributed by atoms with Gasteiger partial charge in [0.2, 0.25) is 0 Å². The summed E-state index contributed by atoms with van der Waals surface area (Å²) in [6.45, 7) is 13.2. The second kappa shape index (κ2) is 8.36. The molecule has 0 aromatic carbocycles. The number of aliphatic hydroxyl groups excluding tert-OH is 1. The van der Waals surface area contributed by atoms with E-state index in [1.54, 1.807) is 0 Å². The molecule has 0 aliphatic carbocycles. The first-order valence-corrected chi connectivity index (χ1v) is 10.3. The summed E-state index contributed by atoms with van der Waals surface area (Å²) >= 11 is 0. The van der Waals surface area contributed by atoms with Crippen molar-refractivity contribution in [3.05, 3.63) is 11.6 Å². The fourth-order valence-electron chi connectivity index (χ4n) is 4.11. The summed E-state index contributed by atoms with van der Waals surface area (Å²) < 4.78 is 2.23. The van der Waals surface area contributed by atoms with Crippen molar-refractivity contribution in [3.8, 4) is 0 Å². The van der Waals surface area contributed by atoms with Gasteiger partial charge in [0.15, 0.2) is 0 Å². The fourth-order valence-corrected chi connectivity index (χ4v) is 4.11. The van der Waals surface area contributed by atoms with E-state index in [0.29, 0.717) is 11.3 Å². The molecule has 0 amide bonds. The molecule has 3 heterocycles. The summed E-state index contributed by atoms with van der Waals surface area (Å²) in [6.07, 6.45) is 5.33. The summed E-state index contributed by atoms with van der Waals surface area (Å²) in [5, 5.41) is 18.8. The number of likely N-dealkylation sites (tertiary alicyclic amines) is 2. The summed E-state index contributed by atoms with van der Waals surface area (Å²) in [4.78, 5) is 5.00. The maximum absolute atomic E-state index is 9.68.